The second-order valence-corrected chi connectivity index (χ2v) is 8.97. The van der Waals surface area contributed by atoms with E-state index in [-0.39, 0.29) is 11.9 Å². The zero-order chi connectivity index (χ0) is 19.3. The first-order chi connectivity index (χ1) is 12.9. The van der Waals surface area contributed by atoms with Crippen molar-refractivity contribution >= 4 is 15.9 Å². The summed E-state index contributed by atoms with van der Waals surface area (Å²) in [5.41, 5.74) is 0.291. The van der Waals surface area contributed by atoms with Gasteiger partial charge in [-0.25, -0.2) is 17.7 Å². The van der Waals surface area contributed by atoms with Gasteiger partial charge >= 0.3 is 0 Å². The van der Waals surface area contributed by atoms with Crippen LogP contribution in [0, 0.1) is 0 Å². The molecule has 2 fully saturated rings. The monoisotopic (exact) mass is 397 g/mol. The quantitative estimate of drug-likeness (QED) is 0.675. The molecule has 2 saturated heterocycles. The largest absolute Gasteiger partial charge is 0.381 e. The van der Waals surface area contributed by atoms with Crippen molar-refractivity contribution in [3.05, 3.63) is 24.3 Å². The average molecular weight is 398 g/mol. The van der Waals surface area contributed by atoms with E-state index in [1.165, 1.54) is 24.8 Å². The predicted molar refractivity (Wildman–Crippen MR) is 99.7 cm³/mol. The third-order valence-electron chi connectivity index (χ3n) is 5.18. The van der Waals surface area contributed by atoms with Crippen LogP contribution in [0.25, 0.3) is 0 Å². The molecule has 9 nitrogen and oxygen atoms in total. The smallest absolute Gasteiger partial charge is 0.271 e. The molecule has 0 bridgehead atoms. The number of carbonyl (C=O) groups excluding carboxylic acids is 1. The Morgan fingerprint density at radius 3 is 2.70 bits per heavy atom. The molecule has 1 aromatic heterocycles. The first kappa shape index (κ1) is 20.1. The number of aromatic nitrogens is 2. The lowest BCUT2D eigenvalue weighted by Crippen LogP contribution is -2.50. The molecule has 2 aliphatic rings. The number of ether oxygens (including phenoxy) is 1. The van der Waals surface area contributed by atoms with Crippen LogP contribution in [0.3, 0.4) is 0 Å². The molecule has 1 aromatic rings. The SMILES string of the molecule is CS(=O)(=O)N1CCC(N(CCNC(=O)c2cnccn2)C2CCOCC2)C1. The molecule has 0 aliphatic carbocycles. The second kappa shape index (κ2) is 9.05. The van der Waals surface area contributed by atoms with Crippen LogP contribution in [-0.2, 0) is 14.8 Å². The van der Waals surface area contributed by atoms with Crippen molar-refractivity contribution in [3.63, 3.8) is 0 Å². The molecule has 0 saturated carbocycles. The molecular weight excluding hydrogens is 370 g/mol. The number of amides is 1. The van der Waals surface area contributed by atoms with Crippen LogP contribution in [0.5, 0.6) is 0 Å². The van der Waals surface area contributed by atoms with E-state index in [0.29, 0.717) is 37.9 Å². The Hall–Kier alpha value is -1.62. The van der Waals surface area contributed by atoms with Crippen molar-refractivity contribution in [2.75, 3.05) is 45.6 Å². The van der Waals surface area contributed by atoms with Gasteiger partial charge in [0.15, 0.2) is 0 Å². The highest BCUT2D eigenvalue weighted by atomic mass is 32.2. The van der Waals surface area contributed by atoms with E-state index >= 15 is 0 Å². The summed E-state index contributed by atoms with van der Waals surface area (Å²) in [6.45, 7) is 3.63. The summed E-state index contributed by atoms with van der Waals surface area (Å²) in [7, 11) is -3.17. The Balaban J connectivity index is 1.60. The summed E-state index contributed by atoms with van der Waals surface area (Å²) in [6.07, 6.45) is 8.37. The first-order valence-electron chi connectivity index (χ1n) is 9.28. The second-order valence-electron chi connectivity index (χ2n) is 6.99. The summed E-state index contributed by atoms with van der Waals surface area (Å²) in [6, 6.07) is 0.507. The lowest BCUT2D eigenvalue weighted by molar-refractivity contribution is 0.0194. The highest BCUT2D eigenvalue weighted by Crippen LogP contribution is 2.24. The summed E-state index contributed by atoms with van der Waals surface area (Å²) in [4.78, 5) is 22.4. The third kappa shape index (κ3) is 5.44. The summed E-state index contributed by atoms with van der Waals surface area (Å²) >= 11 is 0. The molecule has 0 radical (unpaired) electrons. The fourth-order valence-corrected chi connectivity index (χ4v) is 4.65. The lowest BCUT2D eigenvalue weighted by atomic mass is 10.0. The Morgan fingerprint density at radius 2 is 2.07 bits per heavy atom. The molecular formula is C17H27N5O4S. The van der Waals surface area contributed by atoms with Crippen molar-refractivity contribution in [3.8, 4) is 0 Å². The van der Waals surface area contributed by atoms with E-state index in [4.69, 9.17) is 4.74 Å². The van der Waals surface area contributed by atoms with Crippen molar-refractivity contribution in [2.24, 2.45) is 0 Å². The van der Waals surface area contributed by atoms with Crippen molar-refractivity contribution in [2.45, 2.75) is 31.3 Å². The molecule has 3 heterocycles. The normalized spacial score (nSPS) is 22.2. The fourth-order valence-electron chi connectivity index (χ4n) is 3.77. The lowest BCUT2D eigenvalue weighted by Gasteiger charge is -2.38. The zero-order valence-electron chi connectivity index (χ0n) is 15.6. The van der Waals surface area contributed by atoms with E-state index in [2.05, 4.69) is 20.2 Å². The van der Waals surface area contributed by atoms with Crippen LogP contribution < -0.4 is 5.32 Å². The minimum Gasteiger partial charge on any atom is -0.381 e. The molecule has 0 spiro atoms. The van der Waals surface area contributed by atoms with Crippen molar-refractivity contribution in [1.29, 1.82) is 0 Å². The highest BCUT2D eigenvalue weighted by Gasteiger charge is 2.35. The minimum atomic E-state index is -3.17. The maximum Gasteiger partial charge on any atom is 0.271 e. The summed E-state index contributed by atoms with van der Waals surface area (Å²) in [5, 5.41) is 2.89. The Morgan fingerprint density at radius 1 is 1.30 bits per heavy atom. The molecule has 150 valence electrons. The fraction of sp³-hybridized carbons (Fsp3) is 0.706. The number of carbonyl (C=O) groups is 1. The Labute approximate surface area is 160 Å². The topological polar surface area (TPSA) is 105 Å². The molecule has 3 rings (SSSR count). The van der Waals surface area contributed by atoms with Crippen LogP contribution in [0.15, 0.2) is 18.6 Å². The van der Waals surface area contributed by atoms with Crippen LogP contribution >= 0.6 is 0 Å². The van der Waals surface area contributed by atoms with Crippen LogP contribution in [0.4, 0.5) is 0 Å². The number of hydrogen-bond acceptors (Lipinski definition) is 7. The Bertz CT molecular complexity index is 724. The predicted octanol–water partition coefficient (Wildman–Crippen LogP) is -0.279. The standard InChI is InChI=1S/C17H27N5O4S/c1-27(24,25)21-8-2-15(13-21)22(14-3-10-26-11-4-14)9-7-20-17(23)16-12-18-5-6-19-16/h5-6,12,14-15H,2-4,7-11,13H2,1H3,(H,20,23). The first-order valence-corrected chi connectivity index (χ1v) is 11.1. The van der Waals surface area contributed by atoms with Gasteiger partial charge in [-0.15, -0.1) is 0 Å². The average Bonchev–Trinajstić information content (AvgIpc) is 3.17. The van der Waals surface area contributed by atoms with E-state index in [1.807, 2.05) is 0 Å². The molecule has 1 N–H and O–H groups in total. The van der Waals surface area contributed by atoms with Crippen molar-refractivity contribution < 1.29 is 17.9 Å². The van der Waals surface area contributed by atoms with E-state index in [1.54, 1.807) is 4.31 Å². The van der Waals surface area contributed by atoms with Gasteiger partial charge < -0.3 is 10.1 Å². The molecule has 1 amide bonds. The van der Waals surface area contributed by atoms with Crippen molar-refractivity contribution in [1.82, 2.24) is 24.5 Å². The molecule has 10 heteroatoms. The van der Waals surface area contributed by atoms with E-state index in [9.17, 15) is 13.2 Å². The number of nitrogens with zero attached hydrogens (tertiary/aromatic N) is 4. The maximum atomic E-state index is 12.2. The molecule has 1 atom stereocenters. The van der Waals surface area contributed by atoms with Gasteiger partial charge in [-0.2, -0.15) is 0 Å². The van der Waals surface area contributed by atoms with Gasteiger partial charge in [-0.3, -0.25) is 14.7 Å². The van der Waals surface area contributed by atoms with Crippen LogP contribution in [-0.4, -0.2) is 91.2 Å². The maximum absolute atomic E-state index is 12.2. The van der Waals surface area contributed by atoms with E-state index in [0.717, 1.165) is 32.5 Å². The van der Waals surface area contributed by atoms with Gasteiger partial charge in [-0.05, 0) is 19.3 Å². The number of rotatable bonds is 7. The van der Waals surface area contributed by atoms with Gasteiger partial charge in [0.2, 0.25) is 10.0 Å². The van der Waals surface area contributed by atoms with Gasteiger partial charge in [0.25, 0.3) is 5.91 Å². The Kier molecular flexibility index (Phi) is 6.74. The third-order valence-corrected chi connectivity index (χ3v) is 6.45. The van der Waals surface area contributed by atoms with Crippen LogP contribution in [0.1, 0.15) is 29.8 Å². The zero-order valence-corrected chi connectivity index (χ0v) is 16.4. The molecule has 2 aliphatic heterocycles. The number of nitrogens with one attached hydrogen (secondary N) is 1. The number of hydrogen-bond donors (Lipinski definition) is 1. The molecule has 0 aromatic carbocycles. The summed E-state index contributed by atoms with van der Waals surface area (Å²) in [5.74, 6) is -0.251. The molecule has 1 unspecified atom stereocenters. The van der Waals surface area contributed by atoms with Crippen LogP contribution in [0.2, 0.25) is 0 Å². The van der Waals surface area contributed by atoms with E-state index < -0.39 is 10.0 Å². The molecule has 27 heavy (non-hydrogen) atoms. The van der Waals surface area contributed by atoms with Gasteiger partial charge in [0.05, 0.1) is 12.5 Å². The van der Waals surface area contributed by atoms with Gasteiger partial charge in [0.1, 0.15) is 5.69 Å². The minimum absolute atomic E-state index is 0.163. The van der Waals surface area contributed by atoms with Gasteiger partial charge in [0, 0.05) is 63.9 Å². The summed E-state index contributed by atoms with van der Waals surface area (Å²) < 4.78 is 30.7. The van der Waals surface area contributed by atoms with Gasteiger partial charge in [-0.1, -0.05) is 0 Å². The highest BCUT2D eigenvalue weighted by molar-refractivity contribution is 7.88. The number of sulfonamides is 1.